The zero-order chi connectivity index (χ0) is 22.0. The van der Waals surface area contributed by atoms with Gasteiger partial charge in [0.25, 0.3) is 15.9 Å². The van der Waals surface area contributed by atoms with Crippen LogP contribution in [0.2, 0.25) is 5.02 Å². The first-order chi connectivity index (χ1) is 14.8. The number of benzene rings is 1. The Hall–Kier alpha value is -2.14. The summed E-state index contributed by atoms with van der Waals surface area (Å²) in [7, 11) is -2.31. The average Bonchev–Trinajstić information content (AvgIpc) is 3.42. The number of aryl methyl sites for hydroxylation is 1. The summed E-state index contributed by atoms with van der Waals surface area (Å²) in [6.07, 6.45) is 3.27. The highest BCUT2D eigenvalue weighted by Gasteiger charge is 2.34. The minimum atomic E-state index is -3.91. The second kappa shape index (κ2) is 9.15. The minimum Gasteiger partial charge on any atom is -0.376 e. The third kappa shape index (κ3) is 4.87. The Kier molecular flexibility index (Phi) is 6.52. The van der Waals surface area contributed by atoms with Gasteiger partial charge in [-0.25, -0.2) is 8.42 Å². The first-order valence-electron chi connectivity index (χ1n) is 10.3. The maximum absolute atomic E-state index is 13.3. The van der Waals surface area contributed by atoms with E-state index in [4.69, 9.17) is 16.3 Å². The first kappa shape index (κ1) is 22.1. The van der Waals surface area contributed by atoms with Gasteiger partial charge in [0.2, 0.25) is 5.03 Å². The number of hydrogen-bond acceptors (Lipinski definition) is 6. The first-order valence-corrected chi connectivity index (χ1v) is 12.1. The molecule has 1 amide bonds. The predicted octanol–water partition coefficient (Wildman–Crippen LogP) is 1.49. The number of carbonyl (C=O) groups excluding carboxylic acids is 1. The third-order valence-electron chi connectivity index (χ3n) is 5.55. The predicted molar refractivity (Wildman–Crippen MR) is 117 cm³/mol. The van der Waals surface area contributed by atoms with Crippen LogP contribution in [0.1, 0.15) is 23.2 Å². The Bertz CT molecular complexity index is 1040. The Morgan fingerprint density at radius 2 is 2.06 bits per heavy atom. The zero-order valence-corrected chi connectivity index (χ0v) is 18.9. The summed E-state index contributed by atoms with van der Waals surface area (Å²) in [6.45, 7) is 2.67. The lowest BCUT2D eigenvalue weighted by molar-refractivity contribution is 0.0855. The van der Waals surface area contributed by atoms with Crippen LogP contribution in [0.3, 0.4) is 0 Å². The number of anilines is 1. The molecule has 1 aromatic heterocycles. The maximum Gasteiger partial charge on any atom is 0.263 e. The average molecular weight is 468 g/mol. The molecule has 9 nitrogen and oxygen atoms in total. The number of rotatable bonds is 6. The van der Waals surface area contributed by atoms with Gasteiger partial charge in [0.1, 0.15) is 0 Å². The highest BCUT2D eigenvalue weighted by molar-refractivity contribution is 7.89. The van der Waals surface area contributed by atoms with Gasteiger partial charge in [-0.1, -0.05) is 17.7 Å². The zero-order valence-electron chi connectivity index (χ0n) is 17.3. The normalized spacial score (nSPS) is 20.2. The van der Waals surface area contributed by atoms with Crippen LogP contribution in [-0.4, -0.2) is 73.8 Å². The highest BCUT2D eigenvalue weighted by Crippen LogP contribution is 2.24. The number of piperazine rings is 1. The molecule has 2 aliphatic heterocycles. The fourth-order valence-corrected chi connectivity index (χ4v) is 5.63. The Morgan fingerprint density at radius 1 is 1.29 bits per heavy atom. The van der Waals surface area contributed by atoms with Gasteiger partial charge in [0.15, 0.2) is 0 Å². The molecule has 1 aromatic carbocycles. The van der Waals surface area contributed by atoms with Crippen LogP contribution in [0.15, 0.2) is 35.5 Å². The van der Waals surface area contributed by atoms with Crippen molar-refractivity contribution in [2.75, 3.05) is 44.2 Å². The number of aromatic nitrogens is 2. The van der Waals surface area contributed by atoms with Gasteiger partial charge in [-0.3, -0.25) is 9.48 Å². The standard InChI is InChI=1S/C20H26ClN5O4S/c1-24-14-18(19(27)22-13-17-6-3-11-30-17)20(23-24)31(28,29)26-9-7-25(8-10-26)16-5-2-4-15(21)12-16/h2,4-5,12,14,17H,3,6-11,13H2,1H3,(H,22,27)/t17-/m0/s1. The molecule has 1 atom stereocenters. The molecule has 0 spiro atoms. The van der Waals surface area contributed by atoms with Crippen LogP contribution in [0.25, 0.3) is 0 Å². The van der Waals surface area contributed by atoms with Crippen LogP contribution in [0.5, 0.6) is 0 Å². The fraction of sp³-hybridized carbons (Fsp3) is 0.500. The van der Waals surface area contributed by atoms with Crippen molar-refractivity contribution in [3.05, 3.63) is 41.0 Å². The van der Waals surface area contributed by atoms with Crippen molar-refractivity contribution in [2.45, 2.75) is 24.0 Å². The Morgan fingerprint density at radius 3 is 2.74 bits per heavy atom. The summed E-state index contributed by atoms with van der Waals surface area (Å²) in [5.41, 5.74) is 1.01. The number of nitrogens with zero attached hydrogens (tertiary/aromatic N) is 4. The van der Waals surface area contributed by atoms with Gasteiger partial charge in [0.05, 0.1) is 11.7 Å². The third-order valence-corrected chi connectivity index (χ3v) is 7.62. The lowest BCUT2D eigenvalue weighted by Crippen LogP contribution is -2.49. The van der Waals surface area contributed by atoms with E-state index in [-0.39, 0.29) is 16.7 Å². The molecule has 0 radical (unpaired) electrons. The molecular formula is C20H26ClN5O4S. The molecule has 2 saturated heterocycles. The van der Waals surface area contributed by atoms with Gasteiger partial charge in [0, 0.05) is 63.3 Å². The molecule has 1 N–H and O–H groups in total. The van der Waals surface area contributed by atoms with E-state index in [1.807, 2.05) is 18.2 Å². The number of ether oxygens (including phenoxy) is 1. The van der Waals surface area contributed by atoms with Crippen LogP contribution in [0, 0.1) is 0 Å². The van der Waals surface area contributed by atoms with Crippen LogP contribution < -0.4 is 10.2 Å². The van der Waals surface area contributed by atoms with Gasteiger partial charge in [-0.05, 0) is 31.0 Å². The second-order valence-electron chi connectivity index (χ2n) is 7.74. The van der Waals surface area contributed by atoms with Crippen molar-refractivity contribution in [3.8, 4) is 0 Å². The van der Waals surface area contributed by atoms with E-state index in [9.17, 15) is 13.2 Å². The van der Waals surface area contributed by atoms with Gasteiger partial charge < -0.3 is 15.0 Å². The lowest BCUT2D eigenvalue weighted by atomic mass is 10.2. The Labute approximate surface area is 187 Å². The molecule has 2 aromatic rings. The minimum absolute atomic E-state index is 0.0276. The summed E-state index contributed by atoms with van der Waals surface area (Å²) in [5, 5.41) is 7.32. The molecule has 0 saturated carbocycles. The van der Waals surface area contributed by atoms with E-state index in [1.165, 1.54) is 15.2 Å². The number of sulfonamides is 1. The molecule has 0 unspecified atom stereocenters. The lowest BCUT2D eigenvalue weighted by Gasteiger charge is -2.35. The van der Waals surface area contributed by atoms with Gasteiger partial charge in [-0.2, -0.15) is 9.40 Å². The number of hydrogen-bond donors (Lipinski definition) is 1. The molecule has 0 bridgehead atoms. The SMILES string of the molecule is Cn1cc(C(=O)NC[C@@H]2CCCO2)c(S(=O)(=O)N2CCN(c3cccc(Cl)c3)CC2)n1. The molecule has 4 rings (SSSR count). The van der Waals surface area contributed by atoms with Gasteiger partial charge in [-0.15, -0.1) is 0 Å². The summed E-state index contributed by atoms with van der Waals surface area (Å²) in [5.74, 6) is -0.459. The number of nitrogens with one attached hydrogen (secondary N) is 1. The van der Waals surface area contributed by atoms with Crippen molar-refractivity contribution in [2.24, 2.45) is 7.05 Å². The highest BCUT2D eigenvalue weighted by atomic mass is 35.5. The quantitative estimate of drug-likeness (QED) is 0.691. The molecule has 3 heterocycles. The number of halogens is 1. The maximum atomic E-state index is 13.3. The fourth-order valence-electron chi connectivity index (χ4n) is 3.90. The summed E-state index contributed by atoms with van der Waals surface area (Å²) in [6, 6.07) is 7.49. The molecular weight excluding hydrogens is 442 g/mol. The monoisotopic (exact) mass is 467 g/mol. The summed E-state index contributed by atoms with van der Waals surface area (Å²) < 4.78 is 34.8. The van der Waals surface area contributed by atoms with E-state index in [0.29, 0.717) is 44.4 Å². The van der Waals surface area contributed by atoms with Crippen molar-refractivity contribution in [3.63, 3.8) is 0 Å². The molecule has 2 fully saturated rings. The summed E-state index contributed by atoms with van der Waals surface area (Å²) >= 11 is 6.07. The summed E-state index contributed by atoms with van der Waals surface area (Å²) in [4.78, 5) is 14.8. The molecule has 168 valence electrons. The van der Waals surface area contributed by atoms with E-state index in [0.717, 1.165) is 18.5 Å². The number of amides is 1. The second-order valence-corrected chi connectivity index (χ2v) is 10.0. The van der Waals surface area contributed by atoms with E-state index in [2.05, 4.69) is 15.3 Å². The van der Waals surface area contributed by atoms with Crippen molar-refractivity contribution < 1.29 is 17.9 Å². The largest absolute Gasteiger partial charge is 0.376 e. The molecule has 11 heteroatoms. The molecule has 0 aliphatic carbocycles. The van der Waals surface area contributed by atoms with E-state index in [1.54, 1.807) is 13.1 Å². The topological polar surface area (TPSA) is 96.8 Å². The number of carbonyl (C=O) groups is 1. The molecule has 31 heavy (non-hydrogen) atoms. The van der Waals surface area contributed by atoms with Crippen LogP contribution in [-0.2, 0) is 21.8 Å². The smallest absolute Gasteiger partial charge is 0.263 e. The van der Waals surface area contributed by atoms with Crippen molar-refractivity contribution >= 4 is 33.2 Å². The van der Waals surface area contributed by atoms with Gasteiger partial charge >= 0.3 is 0 Å². The van der Waals surface area contributed by atoms with Crippen LogP contribution in [0.4, 0.5) is 5.69 Å². The van der Waals surface area contributed by atoms with E-state index < -0.39 is 15.9 Å². The van der Waals surface area contributed by atoms with Crippen molar-refractivity contribution in [1.82, 2.24) is 19.4 Å². The van der Waals surface area contributed by atoms with Crippen molar-refractivity contribution in [1.29, 1.82) is 0 Å². The van der Waals surface area contributed by atoms with E-state index >= 15 is 0 Å². The Balaban J connectivity index is 1.45. The van der Waals surface area contributed by atoms with Crippen LogP contribution >= 0.6 is 11.6 Å². The molecule has 2 aliphatic rings.